The van der Waals surface area contributed by atoms with Gasteiger partial charge in [-0.3, -0.25) is 0 Å². The van der Waals surface area contributed by atoms with Gasteiger partial charge in [-0.05, 0) is 135 Å². The van der Waals surface area contributed by atoms with Gasteiger partial charge >= 0.3 is 0 Å². The van der Waals surface area contributed by atoms with Crippen molar-refractivity contribution in [2.24, 2.45) is 0 Å². The van der Waals surface area contributed by atoms with Crippen LogP contribution in [-0.2, 0) is 0 Å². The predicted octanol–water partition coefficient (Wildman–Crippen LogP) is 21.3. The van der Waals surface area contributed by atoms with E-state index < -0.39 is 84.1 Å². The van der Waals surface area contributed by atoms with Crippen LogP contribution in [0.25, 0.3) is 165 Å². The summed E-state index contributed by atoms with van der Waals surface area (Å²) in [6, 6.07) is 54.5. The maximum atomic E-state index is 9.92. The highest BCUT2D eigenvalue weighted by atomic mass is 16.3. The molecule has 0 radical (unpaired) electrons. The van der Waals surface area contributed by atoms with E-state index in [1.54, 1.807) is 0 Å². The van der Waals surface area contributed by atoms with Crippen LogP contribution in [0.15, 0.2) is 275 Å². The Kier molecular flexibility index (Phi) is 6.96. The van der Waals surface area contributed by atoms with Gasteiger partial charge in [0.25, 0.3) is 0 Å². The number of hydrogen-bond acceptors (Lipinski definition) is 2. The summed E-state index contributed by atoms with van der Waals surface area (Å²) in [6.07, 6.45) is 0. The van der Waals surface area contributed by atoms with Gasteiger partial charge in [-0.25, -0.2) is 0 Å². The third-order valence-electron chi connectivity index (χ3n) is 15.1. The highest BCUT2D eigenvalue weighted by Crippen LogP contribution is 2.54. The molecule has 16 rings (SSSR count). The zero-order valence-electron chi connectivity index (χ0n) is 53.2. The van der Waals surface area contributed by atoms with E-state index in [0.29, 0.717) is 32.9 Å². The van der Waals surface area contributed by atoms with E-state index in [0.717, 1.165) is 82.2 Å². The number of benzene rings is 14. The van der Waals surface area contributed by atoms with Gasteiger partial charge in [0.2, 0.25) is 0 Å². The smallest absolute Gasteiger partial charge is 0.143 e. The molecule has 0 aliphatic carbocycles. The van der Waals surface area contributed by atoms with Crippen molar-refractivity contribution in [3.8, 4) is 66.8 Å². The van der Waals surface area contributed by atoms with Crippen molar-refractivity contribution in [3.63, 3.8) is 0 Å². The second-order valence-electron chi connectivity index (χ2n) is 19.2. The Bertz CT molecular complexity index is 5610. The van der Waals surface area contributed by atoms with Crippen LogP contribution in [0.2, 0.25) is 0 Å². The van der Waals surface area contributed by atoms with Gasteiger partial charge in [-0.2, -0.15) is 0 Å². The molecule has 16 aromatic rings. The van der Waals surface area contributed by atoms with Crippen molar-refractivity contribution in [1.82, 2.24) is 0 Å². The highest BCUT2D eigenvalue weighted by molar-refractivity contribution is 6.37. The normalized spacial score (nSPS) is 14.3. The van der Waals surface area contributed by atoms with E-state index >= 15 is 0 Å². The summed E-state index contributed by atoms with van der Waals surface area (Å²) in [5.41, 5.74) is 9.09. The molecule has 0 atom stereocenters. The molecule has 0 spiro atoms. The van der Waals surface area contributed by atoms with Crippen LogP contribution in [0.4, 0.5) is 0 Å². The van der Waals surface area contributed by atoms with Gasteiger partial charge in [0, 0.05) is 49.2 Å². The fourth-order valence-corrected chi connectivity index (χ4v) is 12.0. The molecule has 0 saturated heterocycles. The summed E-state index contributed by atoms with van der Waals surface area (Å²) >= 11 is 0. The minimum Gasteiger partial charge on any atom is -0.455 e. The van der Waals surface area contributed by atoms with Crippen LogP contribution in [0.3, 0.4) is 0 Å². The summed E-state index contributed by atoms with van der Waals surface area (Å²) < 4.78 is 135. The summed E-state index contributed by atoms with van der Waals surface area (Å²) in [7, 11) is 0. The molecule has 2 heteroatoms. The molecule has 2 nitrogen and oxygen atoms in total. The molecule has 0 bridgehead atoms. The fourth-order valence-electron chi connectivity index (χ4n) is 12.0. The van der Waals surface area contributed by atoms with Crippen molar-refractivity contribution in [3.05, 3.63) is 267 Å². The lowest BCUT2D eigenvalue weighted by molar-refractivity contribution is 0.670. The molecular weight excluding hydrogens is 921 g/mol. The zero-order valence-corrected chi connectivity index (χ0v) is 40.2. The molecule has 0 saturated carbocycles. The van der Waals surface area contributed by atoms with Gasteiger partial charge in [-0.1, -0.05) is 224 Å². The lowest BCUT2D eigenvalue weighted by Gasteiger charge is -2.20. The van der Waals surface area contributed by atoms with E-state index in [1.807, 2.05) is 103 Å². The van der Waals surface area contributed by atoms with Crippen molar-refractivity contribution >= 4 is 97.7 Å². The number of hydrogen-bond donors (Lipinski definition) is 0. The molecule has 0 N–H and O–H groups in total. The largest absolute Gasteiger partial charge is 0.455 e. The van der Waals surface area contributed by atoms with Crippen LogP contribution in [-0.4, -0.2) is 0 Å². The first-order valence-electron chi connectivity index (χ1n) is 31.6. The van der Waals surface area contributed by atoms with E-state index in [-0.39, 0.29) is 43.8 Å². The van der Waals surface area contributed by atoms with Crippen molar-refractivity contribution in [2.45, 2.75) is 0 Å². The fraction of sp³-hybridized carbons (Fsp3) is 0. The third kappa shape index (κ3) is 6.35. The lowest BCUT2D eigenvalue weighted by Crippen LogP contribution is -1.94. The number of furan rings is 2. The average Bonchev–Trinajstić information content (AvgIpc) is 1.69. The van der Waals surface area contributed by atoms with Crippen LogP contribution in [0, 0.1) is 0 Å². The number of fused-ring (bicyclic) bond motifs is 13. The Morgan fingerprint density at radius 3 is 1.08 bits per heavy atom. The van der Waals surface area contributed by atoms with Crippen molar-refractivity contribution in [1.29, 1.82) is 0 Å². The van der Waals surface area contributed by atoms with Crippen LogP contribution in [0.5, 0.6) is 0 Å². The third-order valence-corrected chi connectivity index (χ3v) is 15.1. The van der Waals surface area contributed by atoms with Gasteiger partial charge < -0.3 is 8.83 Å². The predicted molar refractivity (Wildman–Crippen MR) is 321 cm³/mol. The minimum atomic E-state index is -0.745. The van der Waals surface area contributed by atoms with E-state index in [1.165, 1.54) is 0 Å². The lowest BCUT2D eigenvalue weighted by atomic mass is 9.82. The van der Waals surface area contributed by atoms with Crippen molar-refractivity contribution < 1.29 is 26.7 Å². The minimum absolute atomic E-state index is 0.0392. The SMILES string of the molecule is [2H]c1c([2H])c([2H])c(-c2c3c([2H])c([2H])c([2H])c([2H])c3c(-c3cc4cc(-c5c6ccccc6c(-c6cc(-c7ccccc7)cc(-c7ccccc7)c6)c6ccccc56)c5oc6ccccc6c5c4c4c3oc3ccccc34)c3c([2H])c([2H])c([2H])c([2H])c23)c([2H])c1[2H]. The first-order chi connectivity index (χ1) is 43.1. The summed E-state index contributed by atoms with van der Waals surface area (Å²) in [5, 5.41) is 6.91. The first-order valence-corrected chi connectivity index (χ1v) is 25.1. The summed E-state index contributed by atoms with van der Waals surface area (Å²) in [6.45, 7) is 0. The maximum absolute atomic E-state index is 9.92. The second-order valence-corrected chi connectivity index (χ2v) is 19.2. The Hall–Kier alpha value is -10.0. The standard InChI is InChI=1S/C74H44O2/c1-4-22-45(23-5-1)48-40-49(46-24-6-2-7-25-46)42-50(41-48)67-54-30-12-16-34-58(54)70(59-35-17-13-31-55(59)67)63-44-51-43-62(69-56-32-14-10-28-52(56)66(47-26-8-3-9-27-47)53-29-11-15-33-57(53)69)73-71(60-36-18-20-38-64(60)75-73)68(51)72-61-37-19-21-39-65(61)76-74(63)72/h1-44H/i3D,8D,9D,10D,11D,14D,15D,26D,27D,28D,29D,32D,33D. The first kappa shape index (κ1) is 31.5. The van der Waals surface area contributed by atoms with Gasteiger partial charge in [0.05, 0.1) is 17.8 Å². The Labute approximate surface area is 456 Å². The molecular formula is C74H44O2. The molecule has 0 aliphatic heterocycles. The van der Waals surface area contributed by atoms with Gasteiger partial charge in [-0.15, -0.1) is 0 Å². The molecule has 352 valence electrons. The number of para-hydroxylation sites is 2. The van der Waals surface area contributed by atoms with E-state index in [2.05, 4.69) is 84.9 Å². The molecule has 0 aliphatic rings. The molecule has 76 heavy (non-hydrogen) atoms. The summed E-state index contributed by atoms with van der Waals surface area (Å²) in [4.78, 5) is 0. The van der Waals surface area contributed by atoms with Gasteiger partial charge in [0.15, 0.2) is 0 Å². The highest BCUT2D eigenvalue weighted by Gasteiger charge is 2.28. The zero-order chi connectivity index (χ0) is 61.2. The molecule has 14 aromatic carbocycles. The van der Waals surface area contributed by atoms with Crippen LogP contribution >= 0.6 is 0 Å². The van der Waals surface area contributed by atoms with Crippen molar-refractivity contribution in [2.75, 3.05) is 0 Å². The monoisotopic (exact) mass is 977 g/mol. The molecule has 2 aromatic heterocycles. The second kappa shape index (κ2) is 16.8. The molecule has 0 amide bonds. The van der Waals surface area contributed by atoms with E-state index in [4.69, 9.17) is 15.7 Å². The topological polar surface area (TPSA) is 26.3 Å². The summed E-state index contributed by atoms with van der Waals surface area (Å²) in [5.74, 6) is 0. The Morgan fingerprint density at radius 1 is 0.250 bits per heavy atom. The Balaban J connectivity index is 1.10. The van der Waals surface area contributed by atoms with Gasteiger partial charge in [0.1, 0.15) is 22.3 Å². The van der Waals surface area contributed by atoms with E-state index in [9.17, 15) is 11.0 Å². The average molecular weight is 978 g/mol. The quantitative estimate of drug-likeness (QED) is 0.155. The maximum Gasteiger partial charge on any atom is 0.143 e. The molecule has 2 heterocycles. The molecule has 0 fully saturated rings. The number of rotatable bonds is 6. The Morgan fingerprint density at radius 2 is 0.605 bits per heavy atom. The van der Waals surface area contributed by atoms with Crippen LogP contribution in [0.1, 0.15) is 17.8 Å². The van der Waals surface area contributed by atoms with Crippen LogP contribution < -0.4 is 0 Å². The molecule has 0 unspecified atom stereocenters.